The summed E-state index contributed by atoms with van der Waals surface area (Å²) in [6.07, 6.45) is 3.04. The summed E-state index contributed by atoms with van der Waals surface area (Å²) in [6.45, 7) is 8.97. The van der Waals surface area contributed by atoms with Crippen molar-refractivity contribution in [2.45, 2.75) is 57.8 Å². The predicted octanol–water partition coefficient (Wildman–Crippen LogP) is 3.91. The molecule has 1 aromatic carbocycles. The smallest absolute Gasteiger partial charge is 0.211 e. The summed E-state index contributed by atoms with van der Waals surface area (Å²) in [5, 5.41) is 0. The van der Waals surface area contributed by atoms with Crippen molar-refractivity contribution in [3.05, 3.63) is 29.8 Å². The zero-order valence-electron chi connectivity index (χ0n) is 13.0. The van der Waals surface area contributed by atoms with E-state index in [1.165, 1.54) is 5.56 Å². The largest absolute Gasteiger partial charge is 0.240 e. The summed E-state index contributed by atoms with van der Waals surface area (Å²) in [7, 11) is -3.37. The van der Waals surface area contributed by atoms with E-state index in [0.29, 0.717) is 23.3 Å². The molecule has 0 aliphatic heterocycles. The molecule has 0 aliphatic rings. The molecule has 0 saturated carbocycles. The average Bonchev–Trinajstić information content (AvgIpc) is 2.47. The predicted molar refractivity (Wildman–Crippen MR) is 84.4 cm³/mol. The van der Waals surface area contributed by atoms with Crippen molar-refractivity contribution in [1.29, 1.82) is 0 Å². The summed E-state index contributed by atoms with van der Waals surface area (Å²) >= 11 is 0. The van der Waals surface area contributed by atoms with Gasteiger partial charge >= 0.3 is 0 Å². The highest BCUT2D eigenvalue weighted by Gasteiger charge is 2.16. The van der Waals surface area contributed by atoms with Crippen LogP contribution in [-0.2, 0) is 10.0 Å². The molecule has 20 heavy (non-hydrogen) atoms. The molecule has 0 saturated heterocycles. The van der Waals surface area contributed by atoms with E-state index < -0.39 is 10.0 Å². The van der Waals surface area contributed by atoms with Gasteiger partial charge in [0.25, 0.3) is 0 Å². The van der Waals surface area contributed by atoms with Gasteiger partial charge in [0.15, 0.2) is 0 Å². The molecule has 1 unspecified atom stereocenters. The Balaban J connectivity index is 2.77. The van der Waals surface area contributed by atoms with Crippen LogP contribution in [0.5, 0.6) is 0 Å². The van der Waals surface area contributed by atoms with Gasteiger partial charge in [0.2, 0.25) is 10.0 Å². The molecule has 114 valence electrons. The molecule has 0 spiro atoms. The molecule has 1 aromatic rings. The van der Waals surface area contributed by atoms with Crippen LogP contribution in [0.25, 0.3) is 0 Å². The highest BCUT2D eigenvalue weighted by molar-refractivity contribution is 7.89. The maximum absolute atomic E-state index is 12.2. The molecule has 1 atom stereocenters. The van der Waals surface area contributed by atoms with Gasteiger partial charge in [-0.05, 0) is 36.0 Å². The molecule has 1 N–H and O–H groups in total. The Morgan fingerprint density at radius 1 is 1.00 bits per heavy atom. The first-order valence-corrected chi connectivity index (χ1v) is 9.02. The van der Waals surface area contributed by atoms with Gasteiger partial charge in [-0.1, -0.05) is 52.7 Å². The topological polar surface area (TPSA) is 46.2 Å². The summed E-state index contributed by atoms with van der Waals surface area (Å²) in [5.74, 6) is 0.869. The molecule has 0 heterocycles. The van der Waals surface area contributed by atoms with Gasteiger partial charge in [-0.15, -0.1) is 0 Å². The van der Waals surface area contributed by atoms with Gasteiger partial charge in [0.05, 0.1) is 4.90 Å². The Bertz CT molecular complexity index is 490. The van der Waals surface area contributed by atoms with E-state index in [9.17, 15) is 8.42 Å². The Labute approximate surface area is 123 Å². The van der Waals surface area contributed by atoms with Crippen LogP contribution in [-0.4, -0.2) is 15.0 Å². The normalized spacial score (nSPS) is 13.7. The molecule has 1 rings (SSSR count). The first-order chi connectivity index (χ1) is 9.44. The first kappa shape index (κ1) is 17.2. The molecular formula is C16H27NO2S. The second-order valence-corrected chi connectivity index (χ2v) is 7.18. The van der Waals surface area contributed by atoms with E-state index in [2.05, 4.69) is 32.4 Å². The molecule has 0 aliphatic carbocycles. The van der Waals surface area contributed by atoms with Crippen molar-refractivity contribution in [2.75, 3.05) is 6.54 Å². The van der Waals surface area contributed by atoms with E-state index in [-0.39, 0.29) is 0 Å². The fraction of sp³-hybridized carbons (Fsp3) is 0.625. The highest BCUT2D eigenvalue weighted by atomic mass is 32.2. The number of rotatable bonds is 8. The van der Waals surface area contributed by atoms with Crippen molar-refractivity contribution in [3.63, 3.8) is 0 Å². The number of sulfonamides is 1. The molecule has 0 bridgehead atoms. The number of hydrogen-bond donors (Lipinski definition) is 1. The second kappa shape index (κ2) is 7.79. The summed E-state index contributed by atoms with van der Waals surface area (Å²) in [6, 6.07) is 7.24. The van der Waals surface area contributed by atoms with Gasteiger partial charge in [-0.25, -0.2) is 13.1 Å². The van der Waals surface area contributed by atoms with Crippen LogP contribution in [0.1, 0.15) is 58.4 Å². The number of hydrogen-bond acceptors (Lipinski definition) is 2. The van der Waals surface area contributed by atoms with E-state index >= 15 is 0 Å². The second-order valence-electron chi connectivity index (χ2n) is 5.41. The fourth-order valence-electron chi connectivity index (χ4n) is 2.10. The molecule has 3 nitrogen and oxygen atoms in total. The van der Waals surface area contributed by atoms with Gasteiger partial charge in [-0.3, -0.25) is 0 Å². The lowest BCUT2D eigenvalue weighted by Gasteiger charge is -2.14. The molecule has 0 amide bonds. The van der Waals surface area contributed by atoms with E-state index in [0.717, 1.165) is 19.3 Å². The molecular weight excluding hydrogens is 270 g/mol. The Morgan fingerprint density at radius 3 is 2.00 bits per heavy atom. The third kappa shape index (κ3) is 4.60. The number of nitrogens with one attached hydrogen (secondary N) is 1. The standard InChI is InChI=1S/C16H27NO2S/c1-5-13(4)15-8-10-16(11-9-15)20(18,19)17-12-14(6-2)7-3/h8-11,13-14,17H,5-7,12H2,1-4H3. The van der Waals surface area contributed by atoms with Crippen LogP contribution in [0, 0.1) is 5.92 Å². The third-order valence-electron chi connectivity index (χ3n) is 4.09. The minimum atomic E-state index is -3.37. The van der Waals surface area contributed by atoms with Crippen LogP contribution >= 0.6 is 0 Å². The summed E-state index contributed by atoms with van der Waals surface area (Å²) in [5.41, 5.74) is 1.19. The van der Waals surface area contributed by atoms with E-state index in [1.807, 2.05) is 12.1 Å². The maximum atomic E-state index is 12.2. The van der Waals surface area contributed by atoms with E-state index in [1.54, 1.807) is 12.1 Å². The summed E-state index contributed by atoms with van der Waals surface area (Å²) < 4.78 is 27.1. The first-order valence-electron chi connectivity index (χ1n) is 7.54. The molecule has 0 aromatic heterocycles. The Hall–Kier alpha value is -0.870. The molecule has 0 fully saturated rings. The minimum absolute atomic E-state index is 0.357. The fourth-order valence-corrected chi connectivity index (χ4v) is 3.22. The van der Waals surface area contributed by atoms with Crippen molar-refractivity contribution in [2.24, 2.45) is 5.92 Å². The van der Waals surface area contributed by atoms with Crippen molar-refractivity contribution in [1.82, 2.24) is 4.72 Å². The zero-order valence-corrected chi connectivity index (χ0v) is 13.8. The lowest BCUT2D eigenvalue weighted by molar-refractivity contribution is 0.479. The van der Waals surface area contributed by atoms with Gasteiger partial charge in [-0.2, -0.15) is 0 Å². The Kier molecular flexibility index (Phi) is 6.69. The van der Waals surface area contributed by atoms with Crippen LogP contribution in [0.4, 0.5) is 0 Å². The van der Waals surface area contributed by atoms with Crippen LogP contribution in [0.2, 0.25) is 0 Å². The van der Waals surface area contributed by atoms with Crippen LogP contribution < -0.4 is 4.72 Å². The van der Waals surface area contributed by atoms with Crippen LogP contribution in [0.3, 0.4) is 0 Å². The lowest BCUT2D eigenvalue weighted by Crippen LogP contribution is -2.29. The van der Waals surface area contributed by atoms with Gasteiger partial charge in [0, 0.05) is 6.54 Å². The maximum Gasteiger partial charge on any atom is 0.240 e. The minimum Gasteiger partial charge on any atom is -0.211 e. The molecule has 0 radical (unpaired) electrons. The Morgan fingerprint density at radius 2 is 1.55 bits per heavy atom. The number of benzene rings is 1. The summed E-state index contributed by atoms with van der Waals surface area (Å²) in [4.78, 5) is 0.357. The van der Waals surface area contributed by atoms with Gasteiger partial charge in [0.1, 0.15) is 0 Å². The molecule has 4 heteroatoms. The van der Waals surface area contributed by atoms with Crippen molar-refractivity contribution < 1.29 is 8.42 Å². The van der Waals surface area contributed by atoms with Crippen molar-refractivity contribution in [3.8, 4) is 0 Å². The highest BCUT2D eigenvalue weighted by Crippen LogP contribution is 2.20. The SMILES string of the molecule is CCC(CC)CNS(=O)(=O)c1ccc(C(C)CC)cc1. The lowest BCUT2D eigenvalue weighted by atomic mass is 9.99. The quantitative estimate of drug-likeness (QED) is 0.790. The monoisotopic (exact) mass is 297 g/mol. The van der Waals surface area contributed by atoms with Crippen molar-refractivity contribution >= 4 is 10.0 Å². The van der Waals surface area contributed by atoms with Gasteiger partial charge < -0.3 is 0 Å². The zero-order chi connectivity index (χ0) is 15.2. The van der Waals surface area contributed by atoms with Crippen LogP contribution in [0.15, 0.2) is 29.2 Å². The van der Waals surface area contributed by atoms with E-state index in [4.69, 9.17) is 0 Å². The average molecular weight is 297 g/mol. The third-order valence-corrected chi connectivity index (χ3v) is 5.53.